The van der Waals surface area contributed by atoms with Gasteiger partial charge in [-0.1, -0.05) is 19.3 Å². The number of hydrogen-bond acceptors (Lipinski definition) is 4. The summed E-state index contributed by atoms with van der Waals surface area (Å²) < 4.78 is 0. The summed E-state index contributed by atoms with van der Waals surface area (Å²) in [6.07, 6.45) is 8.93. The molecule has 1 fully saturated rings. The quantitative estimate of drug-likeness (QED) is 0.751. The van der Waals surface area contributed by atoms with Crippen molar-refractivity contribution in [2.75, 3.05) is 23.7 Å². The van der Waals surface area contributed by atoms with E-state index >= 15 is 0 Å². The monoisotopic (exact) mass is 249 g/mol. The normalized spacial score (nSPS) is 18.3. The van der Waals surface area contributed by atoms with Crippen LogP contribution < -0.4 is 10.6 Å². The molecule has 0 radical (unpaired) electrons. The summed E-state index contributed by atoms with van der Waals surface area (Å²) in [4.78, 5) is 4.18. The second kappa shape index (κ2) is 6.05. The third-order valence-corrected chi connectivity index (χ3v) is 3.52. The van der Waals surface area contributed by atoms with Crippen LogP contribution in [0.5, 0.6) is 0 Å². The first-order valence-corrected chi connectivity index (χ1v) is 6.87. The van der Waals surface area contributed by atoms with E-state index in [9.17, 15) is 5.11 Å². The number of pyridine rings is 1. The van der Waals surface area contributed by atoms with Crippen LogP contribution in [0.3, 0.4) is 0 Å². The second-order valence-electron chi connectivity index (χ2n) is 5.13. The Kier molecular flexibility index (Phi) is 4.42. The third kappa shape index (κ3) is 3.60. The molecule has 0 aliphatic heterocycles. The molecule has 4 heteroatoms. The fourth-order valence-corrected chi connectivity index (χ4v) is 2.49. The van der Waals surface area contributed by atoms with E-state index in [-0.39, 0.29) is 0 Å². The largest absolute Gasteiger partial charge is 0.388 e. The molecule has 0 unspecified atom stereocenters. The highest BCUT2D eigenvalue weighted by atomic mass is 16.3. The van der Waals surface area contributed by atoms with E-state index in [1.807, 2.05) is 12.3 Å². The van der Waals surface area contributed by atoms with Crippen LogP contribution in [-0.2, 0) is 0 Å². The number of nitrogens with zero attached hydrogens (tertiary/aromatic N) is 1. The van der Waals surface area contributed by atoms with E-state index in [0.29, 0.717) is 6.54 Å². The van der Waals surface area contributed by atoms with Gasteiger partial charge in [-0.25, -0.2) is 0 Å². The van der Waals surface area contributed by atoms with Crippen molar-refractivity contribution < 1.29 is 5.11 Å². The van der Waals surface area contributed by atoms with Gasteiger partial charge in [0.05, 0.1) is 29.4 Å². The van der Waals surface area contributed by atoms with Crippen LogP contribution in [-0.4, -0.2) is 28.8 Å². The van der Waals surface area contributed by atoms with Crippen molar-refractivity contribution in [3.05, 3.63) is 18.5 Å². The van der Waals surface area contributed by atoms with Crippen molar-refractivity contribution in [3.63, 3.8) is 0 Å². The zero-order chi connectivity index (χ0) is 12.8. The summed E-state index contributed by atoms with van der Waals surface area (Å²) in [5, 5.41) is 16.9. The SMILES string of the molecule is CCNc1cncc(NCC2(O)CCCCC2)c1. The summed E-state index contributed by atoms with van der Waals surface area (Å²) in [7, 11) is 0. The second-order valence-corrected chi connectivity index (χ2v) is 5.13. The van der Waals surface area contributed by atoms with Gasteiger partial charge in [0.1, 0.15) is 0 Å². The molecule has 18 heavy (non-hydrogen) atoms. The molecule has 1 saturated carbocycles. The number of anilines is 2. The molecule has 1 aromatic rings. The van der Waals surface area contributed by atoms with Crippen molar-refractivity contribution in [3.8, 4) is 0 Å². The Balaban J connectivity index is 1.90. The number of aromatic nitrogens is 1. The van der Waals surface area contributed by atoms with Gasteiger partial charge in [-0.05, 0) is 25.8 Å². The predicted octanol–water partition coefficient (Wildman–Crippen LogP) is 2.62. The maximum Gasteiger partial charge on any atom is 0.0819 e. The van der Waals surface area contributed by atoms with Gasteiger partial charge in [0.2, 0.25) is 0 Å². The first-order valence-electron chi connectivity index (χ1n) is 6.87. The van der Waals surface area contributed by atoms with E-state index < -0.39 is 5.60 Å². The highest BCUT2D eigenvalue weighted by Gasteiger charge is 2.28. The Morgan fingerprint density at radius 1 is 1.17 bits per heavy atom. The molecule has 0 amide bonds. The Morgan fingerprint density at radius 2 is 1.83 bits per heavy atom. The minimum Gasteiger partial charge on any atom is -0.388 e. The average Bonchev–Trinajstić information content (AvgIpc) is 2.38. The summed E-state index contributed by atoms with van der Waals surface area (Å²) in [5.41, 5.74) is 1.44. The minimum atomic E-state index is -0.535. The van der Waals surface area contributed by atoms with Crippen LogP contribution in [0.2, 0.25) is 0 Å². The van der Waals surface area contributed by atoms with E-state index in [0.717, 1.165) is 43.6 Å². The van der Waals surface area contributed by atoms with Crippen LogP contribution in [0.4, 0.5) is 11.4 Å². The van der Waals surface area contributed by atoms with Crippen molar-refractivity contribution in [1.29, 1.82) is 0 Å². The standard InChI is InChI=1S/C14H23N3O/c1-2-16-12-8-13(10-15-9-12)17-11-14(18)6-4-3-5-7-14/h8-10,16-18H,2-7,11H2,1H3. The summed E-state index contributed by atoms with van der Waals surface area (Å²) in [6, 6.07) is 2.03. The molecule has 100 valence electrons. The van der Waals surface area contributed by atoms with E-state index in [1.165, 1.54) is 6.42 Å². The number of aliphatic hydroxyl groups is 1. The number of rotatable bonds is 5. The lowest BCUT2D eigenvalue weighted by atomic mass is 9.85. The number of hydrogen-bond donors (Lipinski definition) is 3. The first-order chi connectivity index (χ1) is 8.72. The summed E-state index contributed by atoms with van der Waals surface area (Å²) in [6.45, 7) is 3.56. The summed E-state index contributed by atoms with van der Waals surface area (Å²) in [5.74, 6) is 0. The van der Waals surface area contributed by atoms with Gasteiger partial charge in [-0.2, -0.15) is 0 Å². The van der Waals surface area contributed by atoms with Crippen LogP contribution in [0.15, 0.2) is 18.5 Å². The van der Waals surface area contributed by atoms with Crippen LogP contribution in [0, 0.1) is 0 Å². The van der Waals surface area contributed by atoms with Crippen molar-refractivity contribution in [2.24, 2.45) is 0 Å². The predicted molar refractivity (Wildman–Crippen MR) is 74.9 cm³/mol. The molecule has 3 N–H and O–H groups in total. The lowest BCUT2D eigenvalue weighted by molar-refractivity contribution is 0.0167. The van der Waals surface area contributed by atoms with Crippen LogP contribution in [0.1, 0.15) is 39.0 Å². The molecule has 1 aromatic heterocycles. The first kappa shape index (κ1) is 13.1. The average molecular weight is 249 g/mol. The van der Waals surface area contributed by atoms with Gasteiger partial charge < -0.3 is 15.7 Å². The van der Waals surface area contributed by atoms with Crippen molar-refractivity contribution >= 4 is 11.4 Å². The Hall–Kier alpha value is -1.29. The van der Waals surface area contributed by atoms with E-state index in [2.05, 4.69) is 22.5 Å². The maximum atomic E-state index is 10.4. The maximum absolute atomic E-state index is 10.4. The molecule has 2 rings (SSSR count). The fourth-order valence-electron chi connectivity index (χ4n) is 2.49. The van der Waals surface area contributed by atoms with Crippen LogP contribution >= 0.6 is 0 Å². The van der Waals surface area contributed by atoms with Gasteiger partial charge in [0, 0.05) is 13.1 Å². The number of nitrogens with one attached hydrogen (secondary N) is 2. The van der Waals surface area contributed by atoms with Gasteiger partial charge in [0.15, 0.2) is 0 Å². The van der Waals surface area contributed by atoms with Gasteiger partial charge in [-0.15, -0.1) is 0 Å². The Bertz CT molecular complexity index is 375. The van der Waals surface area contributed by atoms with E-state index in [1.54, 1.807) is 6.20 Å². The van der Waals surface area contributed by atoms with Gasteiger partial charge in [-0.3, -0.25) is 4.98 Å². The molecule has 0 atom stereocenters. The zero-order valence-corrected chi connectivity index (χ0v) is 11.1. The molecule has 0 spiro atoms. The Morgan fingerprint density at radius 3 is 2.50 bits per heavy atom. The topological polar surface area (TPSA) is 57.2 Å². The molecule has 4 nitrogen and oxygen atoms in total. The Labute approximate surface area is 109 Å². The molecular formula is C14H23N3O. The highest BCUT2D eigenvalue weighted by molar-refractivity contribution is 5.54. The lowest BCUT2D eigenvalue weighted by Gasteiger charge is -2.32. The van der Waals surface area contributed by atoms with Crippen molar-refractivity contribution in [2.45, 2.75) is 44.6 Å². The molecule has 0 bridgehead atoms. The van der Waals surface area contributed by atoms with Gasteiger partial charge in [0.25, 0.3) is 0 Å². The molecule has 0 aromatic carbocycles. The summed E-state index contributed by atoms with van der Waals surface area (Å²) >= 11 is 0. The third-order valence-electron chi connectivity index (χ3n) is 3.52. The molecule has 0 saturated heterocycles. The van der Waals surface area contributed by atoms with Gasteiger partial charge >= 0.3 is 0 Å². The lowest BCUT2D eigenvalue weighted by Crippen LogP contribution is -2.38. The zero-order valence-electron chi connectivity index (χ0n) is 11.1. The highest BCUT2D eigenvalue weighted by Crippen LogP contribution is 2.28. The minimum absolute atomic E-state index is 0.535. The fraction of sp³-hybridized carbons (Fsp3) is 0.643. The molecular weight excluding hydrogens is 226 g/mol. The van der Waals surface area contributed by atoms with Crippen molar-refractivity contribution in [1.82, 2.24) is 4.98 Å². The molecule has 1 aliphatic carbocycles. The molecule has 1 heterocycles. The van der Waals surface area contributed by atoms with Crippen LogP contribution in [0.25, 0.3) is 0 Å². The smallest absolute Gasteiger partial charge is 0.0819 e. The molecule has 1 aliphatic rings. The van der Waals surface area contributed by atoms with E-state index in [4.69, 9.17) is 0 Å².